The maximum absolute atomic E-state index is 13.1. The van der Waals surface area contributed by atoms with E-state index in [0.717, 1.165) is 26.3 Å². The Morgan fingerprint density at radius 2 is 2.00 bits per heavy atom. The summed E-state index contributed by atoms with van der Waals surface area (Å²) in [5.41, 5.74) is 9.71. The van der Waals surface area contributed by atoms with Crippen LogP contribution >= 0.6 is 34.8 Å². The quantitative estimate of drug-likeness (QED) is 0.607. The number of anilines is 2. The van der Waals surface area contributed by atoms with Gasteiger partial charge < -0.3 is 11.1 Å². The normalized spacial score (nSPS) is 10.4. The van der Waals surface area contributed by atoms with E-state index >= 15 is 0 Å². The van der Waals surface area contributed by atoms with Crippen molar-refractivity contribution < 1.29 is 4.39 Å². The molecule has 0 spiro atoms. The van der Waals surface area contributed by atoms with Crippen LogP contribution in [-0.2, 0) is 0 Å². The van der Waals surface area contributed by atoms with Gasteiger partial charge in [0.1, 0.15) is 10.8 Å². The van der Waals surface area contributed by atoms with Crippen LogP contribution in [0.15, 0.2) is 24.3 Å². The van der Waals surface area contributed by atoms with E-state index in [2.05, 4.69) is 32.9 Å². The highest BCUT2D eigenvalue weighted by atomic mass is 127. The Bertz CT molecular complexity index is 688. The number of nitrogens with two attached hydrogens (primary N) is 1. The van der Waals surface area contributed by atoms with Gasteiger partial charge in [-0.25, -0.2) is 4.39 Å². The Morgan fingerprint density at radius 1 is 1.30 bits per heavy atom. The summed E-state index contributed by atoms with van der Waals surface area (Å²) in [6.45, 7) is 3.76. The zero-order valence-corrected chi connectivity index (χ0v) is 14.0. The molecule has 1 heterocycles. The summed E-state index contributed by atoms with van der Waals surface area (Å²) in [7, 11) is 0. The third kappa shape index (κ3) is 3.24. The van der Waals surface area contributed by atoms with Gasteiger partial charge in [0.25, 0.3) is 0 Å². The van der Waals surface area contributed by atoms with Crippen LogP contribution in [0, 0.1) is 23.2 Å². The van der Waals surface area contributed by atoms with Crippen LogP contribution in [0.1, 0.15) is 17.0 Å². The first-order valence-electron chi connectivity index (χ1n) is 5.88. The van der Waals surface area contributed by atoms with Crippen molar-refractivity contribution in [2.75, 3.05) is 5.32 Å². The van der Waals surface area contributed by atoms with E-state index < -0.39 is 0 Å². The molecule has 0 fully saturated rings. The third-order valence-corrected chi connectivity index (χ3v) is 3.87. The monoisotopic (exact) mass is 401 g/mol. The van der Waals surface area contributed by atoms with E-state index in [4.69, 9.17) is 18.0 Å². The van der Waals surface area contributed by atoms with Crippen molar-refractivity contribution in [3.8, 4) is 0 Å². The lowest BCUT2D eigenvalue weighted by Gasteiger charge is -2.15. The van der Waals surface area contributed by atoms with E-state index in [1.165, 1.54) is 12.1 Å². The SMILES string of the molecule is Cc1cc(Nc2ccc(F)cc2I)c(C(N)=S)c(C)n1. The number of nitrogens with one attached hydrogen (secondary N) is 1. The molecule has 0 amide bonds. The Kier molecular flexibility index (Phi) is 4.54. The molecule has 2 aromatic rings. The van der Waals surface area contributed by atoms with Gasteiger partial charge in [0, 0.05) is 15.0 Å². The van der Waals surface area contributed by atoms with Crippen LogP contribution in [0.25, 0.3) is 0 Å². The summed E-state index contributed by atoms with van der Waals surface area (Å²) in [6.07, 6.45) is 0. The fraction of sp³-hybridized carbons (Fsp3) is 0.143. The Morgan fingerprint density at radius 3 is 2.60 bits per heavy atom. The van der Waals surface area contributed by atoms with Gasteiger partial charge in [-0.05, 0) is 60.7 Å². The highest BCUT2D eigenvalue weighted by Gasteiger charge is 2.12. The average Bonchev–Trinajstić information content (AvgIpc) is 2.31. The number of thiocarbonyl (C=S) groups is 1. The number of benzene rings is 1. The molecule has 3 N–H and O–H groups in total. The topological polar surface area (TPSA) is 50.9 Å². The van der Waals surface area contributed by atoms with Crippen LogP contribution < -0.4 is 11.1 Å². The molecule has 0 atom stereocenters. The molecule has 0 aliphatic heterocycles. The van der Waals surface area contributed by atoms with Crippen molar-refractivity contribution in [3.05, 3.63) is 50.6 Å². The molecule has 0 saturated heterocycles. The van der Waals surface area contributed by atoms with Crippen molar-refractivity contribution in [2.24, 2.45) is 5.73 Å². The predicted molar refractivity (Wildman–Crippen MR) is 92.0 cm³/mol. The van der Waals surface area contributed by atoms with Crippen molar-refractivity contribution in [2.45, 2.75) is 13.8 Å². The molecular formula is C14H13FIN3S. The zero-order valence-electron chi connectivity index (χ0n) is 11.0. The van der Waals surface area contributed by atoms with Gasteiger partial charge in [-0.1, -0.05) is 12.2 Å². The standard InChI is InChI=1S/C14H13FIN3S/c1-7-5-12(13(14(17)20)8(2)18-7)19-11-4-3-9(15)6-10(11)16/h3-6H,1-2H3,(H2,17,20)(H,18,19). The Hall–Kier alpha value is -1.28. The van der Waals surface area contributed by atoms with Crippen LogP contribution in [0.5, 0.6) is 0 Å². The van der Waals surface area contributed by atoms with Crippen molar-refractivity contribution in [1.29, 1.82) is 0 Å². The second-order valence-corrected chi connectivity index (χ2v) is 5.99. The van der Waals surface area contributed by atoms with Crippen LogP contribution in [-0.4, -0.2) is 9.97 Å². The summed E-state index contributed by atoms with van der Waals surface area (Å²) in [5.74, 6) is -0.267. The van der Waals surface area contributed by atoms with Gasteiger partial charge >= 0.3 is 0 Å². The molecule has 0 aliphatic rings. The minimum atomic E-state index is -0.267. The first-order chi connectivity index (χ1) is 9.38. The lowest BCUT2D eigenvalue weighted by atomic mass is 10.1. The molecule has 0 unspecified atom stereocenters. The third-order valence-electron chi connectivity index (χ3n) is 2.78. The lowest BCUT2D eigenvalue weighted by Crippen LogP contribution is -2.15. The minimum absolute atomic E-state index is 0.267. The molecule has 1 aromatic heterocycles. The molecule has 2 rings (SSSR count). The fourth-order valence-corrected chi connectivity index (χ4v) is 2.84. The number of aryl methyl sites for hydroxylation is 2. The number of nitrogens with zero attached hydrogens (tertiary/aromatic N) is 1. The van der Waals surface area contributed by atoms with Gasteiger partial charge in [0.15, 0.2) is 0 Å². The largest absolute Gasteiger partial charge is 0.389 e. The molecule has 0 aliphatic carbocycles. The molecule has 0 saturated carbocycles. The van der Waals surface area contributed by atoms with Crippen molar-refractivity contribution in [1.82, 2.24) is 4.98 Å². The van der Waals surface area contributed by atoms with Crippen LogP contribution in [0.3, 0.4) is 0 Å². The van der Waals surface area contributed by atoms with Gasteiger partial charge in [0.2, 0.25) is 0 Å². The fourth-order valence-electron chi connectivity index (χ4n) is 1.97. The highest BCUT2D eigenvalue weighted by Crippen LogP contribution is 2.27. The lowest BCUT2D eigenvalue weighted by molar-refractivity contribution is 0.627. The van der Waals surface area contributed by atoms with Crippen LogP contribution in [0.2, 0.25) is 0 Å². The summed E-state index contributed by atoms with van der Waals surface area (Å²) >= 11 is 7.16. The molecule has 0 bridgehead atoms. The number of hydrogen-bond donors (Lipinski definition) is 2. The smallest absolute Gasteiger partial charge is 0.124 e. The number of halogens is 2. The van der Waals surface area contributed by atoms with Crippen LogP contribution in [0.4, 0.5) is 15.8 Å². The summed E-state index contributed by atoms with van der Waals surface area (Å²) in [4.78, 5) is 4.65. The molecule has 20 heavy (non-hydrogen) atoms. The second-order valence-electron chi connectivity index (χ2n) is 4.39. The van der Waals surface area contributed by atoms with E-state index in [1.807, 2.05) is 19.9 Å². The second kappa shape index (κ2) is 6.01. The van der Waals surface area contributed by atoms with E-state index in [1.54, 1.807) is 6.07 Å². The number of rotatable bonds is 3. The summed E-state index contributed by atoms with van der Waals surface area (Å²) < 4.78 is 13.9. The Labute approximate surface area is 135 Å². The molecule has 0 radical (unpaired) electrons. The molecule has 3 nitrogen and oxygen atoms in total. The summed E-state index contributed by atoms with van der Waals surface area (Å²) in [6, 6.07) is 6.43. The maximum Gasteiger partial charge on any atom is 0.124 e. The highest BCUT2D eigenvalue weighted by molar-refractivity contribution is 14.1. The minimum Gasteiger partial charge on any atom is -0.389 e. The van der Waals surface area contributed by atoms with E-state index in [-0.39, 0.29) is 10.8 Å². The molecular weight excluding hydrogens is 388 g/mol. The van der Waals surface area contributed by atoms with Crippen molar-refractivity contribution >= 4 is 51.2 Å². The first kappa shape index (κ1) is 15.1. The predicted octanol–water partition coefficient (Wildman–Crippen LogP) is 3.82. The average molecular weight is 401 g/mol. The van der Waals surface area contributed by atoms with Gasteiger partial charge in [-0.3, -0.25) is 4.98 Å². The van der Waals surface area contributed by atoms with Gasteiger partial charge in [-0.2, -0.15) is 0 Å². The van der Waals surface area contributed by atoms with Gasteiger partial charge in [-0.15, -0.1) is 0 Å². The number of aromatic nitrogens is 1. The van der Waals surface area contributed by atoms with Crippen molar-refractivity contribution in [3.63, 3.8) is 0 Å². The summed E-state index contributed by atoms with van der Waals surface area (Å²) in [5, 5.41) is 3.25. The zero-order chi connectivity index (χ0) is 14.9. The van der Waals surface area contributed by atoms with E-state index in [9.17, 15) is 4.39 Å². The molecule has 104 valence electrons. The molecule has 1 aromatic carbocycles. The number of pyridine rings is 1. The number of hydrogen-bond acceptors (Lipinski definition) is 3. The first-order valence-corrected chi connectivity index (χ1v) is 7.37. The Balaban J connectivity index is 2.50. The van der Waals surface area contributed by atoms with Gasteiger partial charge in [0.05, 0.1) is 16.9 Å². The molecule has 6 heteroatoms. The maximum atomic E-state index is 13.1. The van der Waals surface area contributed by atoms with E-state index in [0.29, 0.717) is 5.56 Å².